The Morgan fingerprint density at radius 1 is 1.43 bits per heavy atom. The number of nitrogens with zero attached hydrogens (tertiary/aromatic N) is 1. The van der Waals surface area contributed by atoms with Gasteiger partial charge in [0.25, 0.3) is 0 Å². The van der Waals surface area contributed by atoms with E-state index in [2.05, 4.69) is 20.9 Å². The van der Waals surface area contributed by atoms with Gasteiger partial charge in [0.15, 0.2) is 0 Å². The fourth-order valence-electron chi connectivity index (χ4n) is 0.766. The summed E-state index contributed by atoms with van der Waals surface area (Å²) in [6, 6.07) is 1.48. The molecule has 0 aliphatic carbocycles. The predicted molar refractivity (Wildman–Crippen MR) is 43.9 cm³/mol. The summed E-state index contributed by atoms with van der Waals surface area (Å²) in [7, 11) is 0. The molecule has 14 heavy (non-hydrogen) atoms. The fraction of sp³-hybridized carbons (Fsp3) is 0.143. The minimum absolute atomic E-state index is 0.162. The number of carbonyl (C=O) groups is 1. The topological polar surface area (TPSA) is 50.2 Å². The third-order valence-electron chi connectivity index (χ3n) is 1.33. The summed E-state index contributed by atoms with van der Waals surface area (Å²) in [6.45, 7) is 0. The number of hydrogen-bond acceptors (Lipinski definition) is 2. The first kappa shape index (κ1) is 11.0. The summed E-state index contributed by atoms with van der Waals surface area (Å²) in [5.74, 6) is -1.43. The number of aromatic nitrogens is 1. The van der Waals surface area contributed by atoms with E-state index in [1.807, 2.05) is 0 Å². The van der Waals surface area contributed by atoms with Crippen LogP contribution in [0.2, 0.25) is 0 Å². The van der Waals surface area contributed by atoms with E-state index in [1.165, 1.54) is 0 Å². The normalized spacial score (nSPS) is 11.4. The molecule has 0 amide bonds. The fourth-order valence-corrected chi connectivity index (χ4v) is 1.20. The Morgan fingerprint density at radius 3 is 2.43 bits per heavy atom. The monoisotopic (exact) mass is 269 g/mol. The molecule has 3 nitrogen and oxygen atoms in total. The van der Waals surface area contributed by atoms with Crippen LogP contribution in [0, 0.1) is 0 Å². The van der Waals surface area contributed by atoms with Crippen LogP contribution >= 0.6 is 15.9 Å². The van der Waals surface area contributed by atoms with Gasteiger partial charge >= 0.3 is 12.1 Å². The second-order valence-corrected chi connectivity index (χ2v) is 3.18. The van der Waals surface area contributed by atoms with Crippen LogP contribution in [0.4, 0.5) is 13.2 Å². The molecule has 1 N–H and O–H groups in total. The highest BCUT2D eigenvalue weighted by atomic mass is 79.9. The van der Waals surface area contributed by atoms with Gasteiger partial charge in [0.05, 0.1) is 5.56 Å². The minimum atomic E-state index is -4.64. The van der Waals surface area contributed by atoms with E-state index in [-0.39, 0.29) is 4.60 Å². The van der Waals surface area contributed by atoms with Crippen LogP contribution in [0.25, 0.3) is 0 Å². The van der Waals surface area contributed by atoms with Gasteiger partial charge in [0.2, 0.25) is 0 Å². The van der Waals surface area contributed by atoms with E-state index in [4.69, 9.17) is 5.11 Å². The van der Waals surface area contributed by atoms with Crippen molar-refractivity contribution in [2.75, 3.05) is 0 Å². The summed E-state index contributed by atoms with van der Waals surface area (Å²) in [5, 5.41) is 8.48. The van der Waals surface area contributed by atoms with Gasteiger partial charge in [-0.25, -0.2) is 9.78 Å². The molecule has 0 aliphatic rings. The Balaban J connectivity index is 3.28. The maximum atomic E-state index is 12.1. The van der Waals surface area contributed by atoms with Crippen molar-refractivity contribution in [2.24, 2.45) is 0 Å². The van der Waals surface area contributed by atoms with Gasteiger partial charge in [-0.15, -0.1) is 0 Å². The largest absolute Gasteiger partial charge is 0.478 e. The third kappa shape index (κ3) is 2.44. The molecule has 1 aromatic heterocycles. The molecule has 0 atom stereocenters. The van der Waals surface area contributed by atoms with Crippen LogP contribution in [0.3, 0.4) is 0 Å². The smallest absolute Gasteiger partial charge is 0.433 e. The predicted octanol–water partition coefficient (Wildman–Crippen LogP) is 2.56. The Labute approximate surface area is 84.7 Å². The van der Waals surface area contributed by atoms with E-state index < -0.39 is 23.4 Å². The van der Waals surface area contributed by atoms with Gasteiger partial charge in [-0.2, -0.15) is 13.2 Å². The number of carboxylic acids is 1. The maximum absolute atomic E-state index is 12.1. The highest BCUT2D eigenvalue weighted by Crippen LogP contribution is 2.29. The Morgan fingerprint density at radius 2 is 2.00 bits per heavy atom. The van der Waals surface area contributed by atoms with Crippen molar-refractivity contribution in [1.29, 1.82) is 0 Å². The van der Waals surface area contributed by atoms with Crippen LogP contribution in [0.5, 0.6) is 0 Å². The lowest BCUT2D eigenvalue weighted by Crippen LogP contribution is -2.10. The molecule has 7 heteroatoms. The molecule has 76 valence electrons. The first-order valence-corrected chi connectivity index (χ1v) is 4.08. The van der Waals surface area contributed by atoms with Crippen LogP contribution in [0.1, 0.15) is 16.1 Å². The van der Waals surface area contributed by atoms with Crippen molar-refractivity contribution in [3.05, 3.63) is 28.0 Å². The molecular weight excluding hydrogens is 267 g/mol. The number of hydrogen-bond donors (Lipinski definition) is 1. The van der Waals surface area contributed by atoms with E-state index in [1.54, 1.807) is 0 Å². The highest BCUT2D eigenvalue weighted by Gasteiger charge is 2.33. The van der Waals surface area contributed by atoms with Gasteiger partial charge < -0.3 is 5.11 Å². The lowest BCUT2D eigenvalue weighted by molar-refractivity contribution is -0.141. The third-order valence-corrected chi connectivity index (χ3v) is 1.74. The van der Waals surface area contributed by atoms with E-state index in [0.29, 0.717) is 6.07 Å². The zero-order chi connectivity index (χ0) is 10.9. The van der Waals surface area contributed by atoms with Crippen molar-refractivity contribution in [1.82, 2.24) is 4.98 Å². The molecule has 0 saturated carbocycles. The maximum Gasteiger partial charge on any atom is 0.433 e. The summed E-state index contributed by atoms with van der Waals surface area (Å²) < 4.78 is 36.2. The van der Waals surface area contributed by atoms with Crippen molar-refractivity contribution in [3.63, 3.8) is 0 Å². The zero-order valence-electron chi connectivity index (χ0n) is 6.47. The lowest BCUT2D eigenvalue weighted by Gasteiger charge is -2.06. The van der Waals surface area contributed by atoms with Crippen LogP contribution in [-0.4, -0.2) is 16.1 Å². The van der Waals surface area contributed by atoms with Gasteiger partial charge in [-0.05, 0) is 28.1 Å². The zero-order valence-corrected chi connectivity index (χ0v) is 8.06. The van der Waals surface area contributed by atoms with Gasteiger partial charge in [0, 0.05) is 0 Å². The highest BCUT2D eigenvalue weighted by molar-refractivity contribution is 9.10. The Kier molecular flexibility index (Phi) is 2.79. The minimum Gasteiger partial charge on any atom is -0.478 e. The molecule has 0 radical (unpaired) electrons. The summed E-state index contributed by atoms with van der Waals surface area (Å²) in [4.78, 5) is 13.5. The van der Waals surface area contributed by atoms with Crippen LogP contribution in [-0.2, 0) is 6.18 Å². The first-order chi connectivity index (χ1) is 6.30. The van der Waals surface area contributed by atoms with Gasteiger partial charge in [0.1, 0.15) is 10.3 Å². The number of aromatic carboxylic acids is 1. The van der Waals surface area contributed by atoms with E-state index in [9.17, 15) is 18.0 Å². The first-order valence-electron chi connectivity index (χ1n) is 3.29. The Hall–Kier alpha value is -1.11. The van der Waals surface area contributed by atoms with Crippen LogP contribution < -0.4 is 0 Å². The SMILES string of the molecule is O=C(O)c1cc(Br)nc(C(F)(F)F)c1. The van der Waals surface area contributed by atoms with Crippen molar-refractivity contribution >= 4 is 21.9 Å². The van der Waals surface area contributed by atoms with Crippen LogP contribution in [0.15, 0.2) is 16.7 Å². The van der Waals surface area contributed by atoms with Crippen molar-refractivity contribution in [3.8, 4) is 0 Å². The summed E-state index contributed by atoms with van der Waals surface area (Å²) >= 11 is 2.70. The van der Waals surface area contributed by atoms with E-state index >= 15 is 0 Å². The second-order valence-electron chi connectivity index (χ2n) is 2.37. The molecule has 0 bridgehead atoms. The summed E-state index contributed by atoms with van der Waals surface area (Å²) in [6.07, 6.45) is -4.64. The molecule has 1 aromatic rings. The average molecular weight is 270 g/mol. The number of rotatable bonds is 1. The quantitative estimate of drug-likeness (QED) is 0.798. The lowest BCUT2D eigenvalue weighted by atomic mass is 10.2. The molecule has 0 aliphatic heterocycles. The van der Waals surface area contributed by atoms with Crippen molar-refractivity contribution < 1.29 is 23.1 Å². The Bertz CT molecular complexity index is 378. The molecule has 0 spiro atoms. The number of carboxylic acid groups (broad SMARTS) is 1. The molecular formula is C7H3BrF3NO2. The van der Waals surface area contributed by atoms with E-state index in [0.717, 1.165) is 6.07 Å². The number of alkyl halides is 3. The molecule has 1 heterocycles. The average Bonchev–Trinajstić information content (AvgIpc) is 2.01. The van der Waals surface area contributed by atoms with Crippen molar-refractivity contribution in [2.45, 2.75) is 6.18 Å². The standard InChI is InChI=1S/C7H3BrF3NO2/c8-5-2-3(6(13)14)1-4(12-5)7(9,10)11/h1-2H,(H,13,14). The molecule has 0 saturated heterocycles. The number of pyridine rings is 1. The molecule has 0 fully saturated rings. The molecule has 0 unspecified atom stereocenters. The second kappa shape index (κ2) is 3.56. The summed E-state index contributed by atoms with van der Waals surface area (Å²) in [5.41, 5.74) is -1.69. The molecule has 0 aromatic carbocycles. The number of halogens is 4. The van der Waals surface area contributed by atoms with Gasteiger partial charge in [-0.3, -0.25) is 0 Å². The molecule has 1 rings (SSSR count). The van der Waals surface area contributed by atoms with Gasteiger partial charge in [-0.1, -0.05) is 0 Å².